The van der Waals surface area contributed by atoms with E-state index in [9.17, 15) is 4.79 Å². The monoisotopic (exact) mass is 339 g/mol. The van der Waals surface area contributed by atoms with Crippen LogP contribution in [0.25, 0.3) is 0 Å². The van der Waals surface area contributed by atoms with Crippen LogP contribution in [-0.2, 0) is 6.54 Å². The maximum Gasteiger partial charge on any atom is 0.253 e. The van der Waals surface area contributed by atoms with Crippen LogP contribution in [-0.4, -0.2) is 5.91 Å². The average Bonchev–Trinajstić information content (AvgIpc) is 2.81. The van der Waals surface area contributed by atoms with Gasteiger partial charge in [0, 0.05) is 14.7 Å². The van der Waals surface area contributed by atoms with Crippen LogP contribution in [0.2, 0.25) is 0 Å². The van der Waals surface area contributed by atoms with Gasteiger partial charge in [-0.25, -0.2) is 0 Å². The predicted molar refractivity (Wildman–Crippen MR) is 82.2 cm³/mol. The number of halogens is 1. The van der Waals surface area contributed by atoms with Crippen LogP contribution in [0.15, 0.2) is 34.1 Å². The van der Waals surface area contributed by atoms with Gasteiger partial charge in [-0.3, -0.25) is 10.6 Å². The van der Waals surface area contributed by atoms with E-state index in [2.05, 4.69) is 26.7 Å². The maximum atomic E-state index is 12.1. The number of amides is 1. The highest BCUT2D eigenvalue weighted by Crippen LogP contribution is 2.20. The topological polar surface area (TPSA) is 67.1 Å². The van der Waals surface area contributed by atoms with Gasteiger partial charge in [0.05, 0.1) is 17.8 Å². The molecule has 0 unspecified atom stereocenters. The highest BCUT2D eigenvalue weighted by molar-refractivity contribution is 9.10. The molecule has 100 valence electrons. The summed E-state index contributed by atoms with van der Waals surface area (Å²) in [6, 6.07) is 7.51. The SMILES string of the molecule is Cc1ccc(NN)c(C(=O)NCc2cc(Br)cs2)c1. The largest absolute Gasteiger partial charge is 0.347 e. The summed E-state index contributed by atoms with van der Waals surface area (Å²) in [4.78, 5) is 13.2. The minimum Gasteiger partial charge on any atom is -0.347 e. The van der Waals surface area contributed by atoms with E-state index in [-0.39, 0.29) is 5.91 Å². The van der Waals surface area contributed by atoms with Crippen LogP contribution in [0.3, 0.4) is 0 Å². The number of nitrogen functional groups attached to an aromatic ring is 1. The number of aryl methyl sites for hydroxylation is 1. The summed E-state index contributed by atoms with van der Waals surface area (Å²) in [5, 5.41) is 4.87. The van der Waals surface area contributed by atoms with Crippen LogP contribution in [0.5, 0.6) is 0 Å². The van der Waals surface area contributed by atoms with Crippen LogP contribution in [0.1, 0.15) is 20.8 Å². The van der Waals surface area contributed by atoms with E-state index in [0.29, 0.717) is 17.8 Å². The summed E-state index contributed by atoms with van der Waals surface area (Å²) >= 11 is 4.99. The van der Waals surface area contributed by atoms with E-state index < -0.39 is 0 Å². The first-order chi connectivity index (χ1) is 9.10. The lowest BCUT2D eigenvalue weighted by atomic mass is 10.1. The first-order valence-corrected chi connectivity index (χ1v) is 7.36. The lowest BCUT2D eigenvalue weighted by Gasteiger charge is -2.10. The summed E-state index contributed by atoms with van der Waals surface area (Å²) in [6.45, 7) is 2.44. The molecule has 0 spiro atoms. The van der Waals surface area contributed by atoms with E-state index >= 15 is 0 Å². The first kappa shape index (κ1) is 14.0. The van der Waals surface area contributed by atoms with Crippen LogP contribution in [0.4, 0.5) is 5.69 Å². The van der Waals surface area contributed by atoms with Crippen molar-refractivity contribution in [2.75, 3.05) is 5.43 Å². The quantitative estimate of drug-likeness (QED) is 0.592. The molecular formula is C13H14BrN3OS. The van der Waals surface area contributed by atoms with E-state index in [1.807, 2.05) is 30.5 Å². The Hall–Kier alpha value is -1.37. The molecule has 1 aromatic heterocycles. The molecule has 0 bridgehead atoms. The molecule has 1 heterocycles. The molecule has 0 saturated carbocycles. The van der Waals surface area contributed by atoms with E-state index in [1.165, 1.54) is 0 Å². The van der Waals surface area contributed by atoms with Crippen LogP contribution < -0.4 is 16.6 Å². The minimum absolute atomic E-state index is 0.138. The van der Waals surface area contributed by atoms with Gasteiger partial charge in [0.2, 0.25) is 0 Å². The van der Waals surface area contributed by atoms with Gasteiger partial charge in [0.15, 0.2) is 0 Å². The zero-order chi connectivity index (χ0) is 13.8. The Morgan fingerprint density at radius 2 is 2.21 bits per heavy atom. The lowest BCUT2D eigenvalue weighted by molar-refractivity contribution is 0.0952. The van der Waals surface area contributed by atoms with Gasteiger partial charge in [0.1, 0.15) is 0 Å². The number of nitrogens with one attached hydrogen (secondary N) is 2. The molecule has 0 saturated heterocycles. The molecule has 6 heteroatoms. The molecule has 1 amide bonds. The summed E-state index contributed by atoms with van der Waals surface area (Å²) in [6.07, 6.45) is 0. The number of nitrogens with two attached hydrogens (primary N) is 1. The highest BCUT2D eigenvalue weighted by Gasteiger charge is 2.11. The summed E-state index contributed by atoms with van der Waals surface area (Å²) < 4.78 is 1.03. The van der Waals surface area contributed by atoms with Crippen molar-refractivity contribution in [3.63, 3.8) is 0 Å². The Morgan fingerprint density at radius 3 is 2.84 bits per heavy atom. The zero-order valence-electron chi connectivity index (χ0n) is 10.4. The van der Waals surface area contributed by atoms with Gasteiger partial charge in [-0.05, 0) is 41.1 Å². The molecule has 0 atom stereocenters. The first-order valence-electron chi connectivity index (χ1n) is 5.68. The van der Waals surface area contributed by atoms with E-state index in [1.54, 1.807) is 17.4 Å². The summed E-state index contributed by atoms with van der Waals surface area (Å²) in [7, 11) is 0. The Kier molecular flexibility index (Phi) is 4.57. The number of carbonyl (C=O) groups is 1. The molecule has 2 aromatic rings. The third-order valence-corrected chi connectivity index (χ3v) is 4.32. The summed E-state index contributed by atoms with van der Waals surface area (Å²) in [5.41, 5.74) is 4.73. The number of hydrogen-bond acceptors (Lipinski definition) is 4. The molecule has 4 N–H and O–H groups in total. The fourth-order valence-corrected chi connectivity index (χ4v) is 3.07. The fraction of sp³-hybridized carbons (Fsp3) is 0.154. The summed E-state index contributed by atoms with van der Waals surface area (Å²) in [5.74, 6) is 5.28. The third kappa shape index (κ3) is 3.56. The second-order valence-corrected chi connectivity index (χ2v) is 6.02. The minimum atomic E-state index is -0.138. The van der Waals surface area contributed by atoms with Crippen molar-refractivity contribution in [3.05, 3.63) is 50.1 Å². The Labute approximate surface area is 124 Å². The van der Waals surface area contributed by atoms with Gasteiger partial charge < -0.3 is 10.7 Å². The van der Waals surface area contributed by atoms with Crippen molar-refractivity contribution in [3.8, 4) is 0 Å². The molecule has 0 aliphatic carbocycles. The van der Waals surface area contributed by atoms with Crippen LogP contribution >= 0.6 is 27.3 Å². The molecule has 2 rings (SSSR count). The van der Waals surface area contributed by atoms with E-state index in [0.717, 1.165) is 14.9 Å². The molecule has 0 radical (unpaired) electrons. The number of hydrazine groups is 1. The average molecular weight is 340 g/mol. The Bertz CT molecular complexity index is 597. The van der Waals surface area contributed by atoms with Crippen LogP contribution in [0, 0.1) is 6.92 Å². The standard InChI is InChI=1S/C13H14BrN3OS/c1-8-2-3-12(17-15)11(4-8)13(18)16-6-10-5-9(14)7-19-10/h2-5,7,17H,6,15H2,1H3,(H,16,18). The molecule has 1 aromatic carbocycles. The molecule has 0 fully saturated rings. The number of rotatable bonds is 4. The number of benzene rings is 1. The third-order valence-electron chi connectivity index (χ3n) is 2.62. The number of anilines is 1. The normalized spacial score (nSPS) is 10.3. The number of hydrogen-bond donors (Lipinski definition) is 3. The number of carbonyl (C=O) groups excluding carboxylic acids is 1. The molecule has 19 heavy (non-hydrogen) atoms. The number of thiophene rings is 1. The van der Waals surface area contributed by atoms with Crippen molar-refractivity contribution < 1.29 is 4.79 Å². The second-order valence-electron chi connectivity index (χ2n) is 4.11. The zero-order valence-corrected chi connectivity index (χ0v) is 12.8. The van der Waals surface area contributed by atoms with Crippen molar-refractivity contribution >= 4 is 38.9 Å². The predicted octanol–water partition coefficient (Wildman–Crippen LogP) is 3.03. The Balaban J connectivity index is 2.09. The van der Waals surface area contributed by atoms with Gasteiger partial charge in [-0.1, -0.05) is 11.6 Å². The second kappa shape index (κ2) is 6.18. The van der Waals surface area contributed by atoms with Crippen molar-refractivity contribution in [1.29, 1.82) is 0 Å². The highest BCUT2D eigenvalue weighted by atomic mass is 79.9. The van der Waals surface area contributed by atoms with Gasteiger partial charge in [-0.15, -0.1) is 11.3 Å². The molecule has 0 aliphatic rings. The van der Waals surface area contributed by atoms with Crippen molar-refractivity contribution in [2.24, 2.45) is 5.84 Å². The maximum absolute atomic E-state index is 12.1. The van der Waals surface area contributed by atoms with Gasteiger partial charge in [0.25, 0.3) is 5.91 Å². The molecular weight excluding hydrogens is 326 g/mol. The molecule has 0 aliphatic heterocycles. The van der Waals surface area contributed by atoms with E-state index in [4.69, 9.17) is 5.84 Å². The van der Waals surface area contributed by atoms with Gasteiger partial charge >= 0.3 is 0 Å². The Morgan fingerprint density at radius 1 is 1.42 bits per heavy atom. The van der Waals surface area contributed by atoms with Crippen molar-refractivity contribution in [2.45, 2.75) is 13.5 Å². The molecule has 4 nitrogen and oxygen atoms in total. The lowest BCUT2D eigenvalue weighted by Crippen LogP contribution is -2.24. The van der Waals surface area contributed by atoms with Gasteiger partial charge in [-0.2, -0.15) is 0 Å². The van der Waals surface area contributed by atoms with Crippen molar-refractivity contribution in [1.82, 2.24) is 5.32 Å². The fourth-order valence-electron chi connectivity index (χ4n) is 1.68. The smallest absolute Gasteiger partial charge is 0.253 e.